The van der Waals surface area contributed by atoms with Gasteiger partial charge in [-0.1, -0.05) is 129 Å². The summed E-state index contributed by atoms with van der Waals surface area (Å²) in [6, 6.07) is 41.5. The Morgan fingerprint density at radius 2 is 1.22 bits per heavy atom. The number of rotatable bonds is 9. The van der Waals surface area contributed by atoms with Crippen LogP contribution in [0, 0.1) is 0 Å². The zero-order valence-corrected chi connectivity index (χ0v) is 23.4. The van der Waals surface area contributed by atoms with E-state index >= 15 is 0 Å². The van der Waals surface area contributed by atoms with Crippen molar-refractivity contribution >= 4 is 27.3 Å². The highest BCUT2D eigenvalue weighted by Crippen LogP contribution is 2.44. The van der Waals surface area contributed by atoms with Gasteiger partial charge in [0, 0.05) is 12.0 Å². The normalized spacial score (nSPS) is 11.2. The highest BCUT2D eigenvalue weighted by Gasteiger charge is 2.21. The molecule has 0 aromatic heterocycles. The van der Waals surface area contributed by atoms with E-state index in [-0.39, 0.29) is 11.5 Å². The van der Waals surface area contributed by atoms with Crippen molar-refractivity contribution in [2.24, 2.45) is 0 Å². The van der Waals surface area contributed by atoms with Crippen LogP contribution in [-0.4, -0.2) is 10.9 Å². The first kappa shape index (κ1) is 26.5. The van der Waals surface area contributed by atoms with Gasteiger partial charge in [0.2, 0.25) is 0 Å². The minimum absolute atomic E-state index is 0.00142. The van der Waals surface area contributed by atoms with Crippen molar-refractivity contribution in [1.29, 1.82) is 0 Å². The first-order valence-electron chi connectivity index (χ1n) is 14.6. The van der Waals surface area contributed by atoms with Crippen molar-refractivity contribution in [2.75, 3.05) is 0 Å². The van der Waals surface area contributed by atoms with E-state index < -0.39 is 0 Å². The van der Waals surface area contributed by atoms with Gasteiger partial charge in [0.25, 0.3) is 0 Å². The van der Waals surface area contributed by atoms with Crippen molar-refractivity contribution in [2.45, 2.75) is 39.0 Å². The fourth-order valence-electron chi connectivity index (χ4n) is 5.85. The highest BCUT2D eigenvalue weighted by molar-refractivity contribution is 6.13. The average Bonchev–Trinajstić information content (AvgIpc) is 3.03. The summed E-state index contributed by atoms with van der Waals surface area (Å²) < 4.78 is 0. The van der Waals surface area contributed by atoms with Crippen LogP contribution >= 0.6 is 0 Å². The van der Waals surface area contributed by atoms with Gasteiger partial charge in [-0.2, -0.15) is 0 Å². The third kappa shape index (κ3) is 5.38. The average molecular weight is 535 g/mol. The van der Waals surface area contributed by atoms with E-state index in [1.807, 2.05) is 36.4 Å². The molecule has 41 heavy (non-hydrogen) atoms. The monoisotopic (exact) mass is 534 g/mol. The standard InChI is InChI=1S/C39H34O2/c1-2-3-4-11-19-37(40)36-26-32-25-30(28-15-9-6-10-16-28)21-23-34(32)38(39(36)41)35-18-12-17-31-24-29(20-22-33(31)35)27-13-7-5-8-14-27/h5-10,12-18,20-26,41H,2-4,11,19H2,1H3. The molecule has 0 bridgehead atoms. The first-order valence-corrected chi connectivity index (χ1v) is 14.6. The molecule has 0 radical (unpaired) electrons. The number of fused-ring (bicyclic) bond motifs is 2. The van der Waals surface area contributed by atoms with Gasteiger partial charge in [-0.05, 0) is 74.0 Å². The number of hydrogen-bond acceptors (Lipinski definition) is 2. The third-order valence-corrected chi connectivity index (χ3v) is 8.03. The van der Waals surface area contributed by atoms with Crippen molar-refractivity contribution in [3.8, 4) is 39.1 Å². The lowest BCUT2D eigenvalue weighted by Crippen LogP contribution is -2.01. The van der Waals surface area contributed by atoms with E-state index in [1.165, 1.54) is 0 Å². The van der Waals surface area contributed by atoms with Gasteiger partial charge in [0.1, 0.15) is 5.75 Å². The number of phenolic OH excluding ortho intramolecular Hbond substituents is 1. The van der Waals surface area contributed by atoms with Crippen molar-refractivity contribution in [3.63, 3.8) is 0 Å². The number of Topliss-reactive ketones (excluding diaryl/α,β-unsaturated/α-hetero) is 1. The molecule has 6 rings (SSSR count). The van der Waals surface area contributed by atoms with Crippen LogP contribution in [-0.2, 0) is 0 Å². The van der Waals surface area contributed by atoms with Crippen LogP contribution in [0.25, 0.3) is 54.9 Å². The lowest BCUT2D eigenvalue weighted by molar-refractivity contribution is 0.0976. The summed E-state index contributed by atoms with van der Waals surface area (Å²) in [5, 5.41) is 15.8. The molecule has 0 heterocycles. The number of hydrogen-bond donors (Lipinski definition) is 1. The van der Waals surface area contributed by atoms with E-state index in [0.717, 1.165) is 80.6 Å². The molecule has 0 aliphatic rings. The molecule has 6 aromatic carbocycles. The number of aromatic hydroxyl groups is 1. The van der Waals surface area contributed by atoms with Gasteiger partial charge in [0.15, 0.2) is 5.78 Å². The summed E-state index contributed by atoms with van der Waals surface area (Å²) in [7, 11) is 0. The summed E-state index contributed by atoms with van der Waals surface area (Å²) in [5.74, 6) is 0.0727. The minimum atomic E-state index is -0.00142. The summed E-state index contributed by atoms with van der Waals surface area (Å²) in [6.45, 7) is 2.17. The number of phenols is 1. The Morgan fingerprint density at radius 1 is 0.585 bits per heavy atom. The lowest BCUT2D eigenvalue weighted by Gasteiger charge is -2.17. The van der Waals surface area contributed by atoms with Gasteiger partial charge in [-0.25, -0.2) is 0 Å². The highest BCUT2D eigenvalue weighted by atomic mass is 16.3. The van der Waals surface area contributed by atoms with E-state index in [4.69, 9.17) is 0 Å². The Labute approximate surface area is 241 Å². The lowest BCUT2D eigenvalue weighted by atomic mass is 9.88. The minimum Gasteiger partial charge on any atom is -0.507 e. The van der Waals surface area contributed by atoms with Gasteiger partial charge >= 0.3 is 0 Å². The van der Waals surface area contributed by atoms with Crippen molar-refractivity contribution < 1.29 is 9.90 Å². The molecule has 1 N–H and O–H groups in total. The summed E-state index contributed by atoms with van der Waals surface area (Å²) >= 11 is 0. The molecule has 0 atom stereocenters. The summed E-state index contributed by atoms with van der Waals surface area (Å²) in [6.07, 6.45) is 4.53. The second kappa shape index (κ2) is 11.8. The molecule has 0 spiro atoms. The zero-order chi connectivity index (χ0) is 28.2. The predicted molar refractivity (Wildman–Crippen MR) is 173 cm³/mol. The van der Waals surface area contributed by atoms with E-state index in [0.29, 0.717) is 12.0 Å². The summed E-state index contributed by atoms with van der Waals surface area (Å²) in [5.41, 5.74) is 6.57. The second-order valence-electron chi connectivity index (χ2n) is 10.8. The second-order valence-corrected chi connectivity index (χ2v) is 10.8. The summed E-state index contributed by atoms with van der Waals surface area (Å²) in [4.78, 5) is 13.5. The number of benzene rings is 6. The van der Waals surface area contributed by atoms with Crippen molar-refractivity contribution in [3.05, 3.63) is 127 Å². The molecule has 0 fully saturated rings. The molecular formula is C39H34O2. The maximum atomic E-state index is 13.5. The first-order chi connectivity index (χ1) is 20.1. The van der Waals surface area contributed by atoms with E-state index in [9.17, 15) is 9.90 Å². The number of carbonyl (C=O) groups excluding carboxylic acids is 1. The van der Waals surface area contributed by atoms with Gasteiger partial charge in [0.05, 0.1) is 5.56 Å². The van der Waals surface area contributed by atoms with Crippen LogP contribution in [0.3, 0.4) is 0 Å². The fourth-order valence-corrected chi connectivity index (χ4v) is 5.85. The molecule has 0 aliphatic carbocycles. The SMILES string of the molecule is CCCCCCC(=O)c1cc2cc(-c3ccccc3)ccc2c(-c2cccc3cc(-c4ccccc4)ccc23)c1O. The van der Waals surface area contributed by atoms with Gasteiger partial charge in [-0.3, -0.25) is 4.79 Å². The zero-order valence-electron chi connectivity index (χ0n) is 23.4. The maximum absolute atomic E-state index is 13.5. The van der Waals surface area contributed by atoms with Crippen molar-refractivity contribution in [1.82, 2.24) is 0 Å². The Morgan fingerprint density at radius 3 is 1.88 bits per heavy atom. The number of carbonyl (C=O) groups is 1. The third-order valence-electron chi connectivity index (χ3n) is 8.03. The van der Waals surface area contributed by atoms with Crippen LogP contribution in [0.15, 0.2) is 121 Å². The number of ketones is 1. The molecule has 0 unspecified atom stereocenters. The quantitative estimate of drug-likeness (QED) is 0.148. The van der Waals surface area contributed by atoms with Crippen LogP contribution in [0.4, 0.5) is 0 Å². The van der Waals surface area contributed by atoms with Crippen LogP contribution in [0.5, 0.6) is 5.75 Å². The molecule has 6 aromatic rings. The molecule has 0 amide bonds. The topological polar surface area (TPSA) is 37.3 Å². The largest absolute Gasteiger partial charge is 0.507 e. The molecular weight excluding hydrogens is 500 g/mol. The van der Waals surface area contributed by atoms with E-state index in [1.54, 1.807) is 0 Å². The van der Waals surface area contributed by atoms with Gasteiger partial charge in [-0.15, -0.1) is 0 Å². The van der Waals surface area contributed by atoms with Gasteiger partial charge < -0.3 is 5.11 Å². The molecule has 2 heteroatoms. The van der Waals surface area contributed by atoms with Crippen LogP contribution < -0.4 is 0 Å². The Hall–Kier alpha value is -4.69. The Balaban J connectivity index is 1.53. The maximum Gasteiger partial charge on any atom is 0.166 e. The van der Waals surface area contributed by atoms with E-state index in [2.05, 4.69) is 91.9 Å². The molecule has 0 saturated carbocycles. The molecule has 2 nitrogen and oxygen atoms in total. The fraction of sp³-hybridized carbons (Fsp3) is 0.154. The van der Waals surface area contributed by atoms with Crippen LogP contribution in [0.1, 0.15) is 49.4 Å². The smallest absolute Gasteiger partial charge is 0.166 e. The molecule has 0 saturated heterocycles. The predicted octanol–water partition coefficient (Wildman–Crippen LogP) is 10.9. The Bertz CT molecular complexity index is 1840. The molecule has 202 valence electrons. The molecule has 0 aliphatic heterocycles. The Kier molecular flexibility index (Phi) is 7.65. The number of unbranched alkanes of at least 4 members (excludes halogenated alkanes) is 3. The van der Waals surface area contributed by atoms with Crippen LogP contribution in [0.2, 0.25) is 0 Å².